The van der Waals surface area contributed by atoms with Crippen LogP contribution in [0.3, 0.4) is 0 Å². The molecule has 0 aliphatic heterocycles. The van der Waals surface area contributed by atoms with E-state index in [0.29, 0.717) is 28.5 Å². The maximum Gasteiger partial charge on any atom is 0.278 e. The third-order valence-electron chi connectivity index (χ3n) is 5.98. The SMILES string of the molecule is C=CCn1c(=O)c2cnc(Nc3ccc4[nH]c(CN(C)C)cc4c3)nc2n1-c1cccc(C(C)(C)O)n1. The smallest absolute Gasteiger partial charge is 0.278 e. The van der Waals surface area contributed by atoms with Crippen LogP contribution < -0.4 is 10.9 Å². The van der Waals surface area contributed by atoms with Crippen molar-refractivity contribution in [3.05, 3.63) is 83.1 Å². The minimum atomic E-state index is -1.15. The number of benzene rings is 1. The molecule has 4 aromatic heterocycles. The zero-order chi connectivity index (χ0) is 26.3. The summed E-state index contributed by atoms with van der Waals surface area (Å²) in [7, 11) is 4.06. The Labute approximate surface area is 213 Å². The summed E-state index contributed by atoms with van der Waals surface area (Å²) in [6.07, 6.45) is 3.16. The maximum absolute atomic E-state index is 13.2. The summed E-state index contributed by atoms with van der Waals surface area (Å²) in [4.78, 5) is 32.5. The predicted octanol–water partition coefficient (Wildman–Crippen LogP) is 3.68. The molecule has 10 nitrogen and oxygen atoms in total. The van der Waals surface area contributed by atoms with E-state index in [0.717, 1.165) is 28.8 Å². The first-order chi connectivity index (χ1) is 17.6. The molecule has 0 aliphatic carbocycles. The van der Waals surface area contributed by atoms with Crippen molar-refractivity contribution >= 4 is 33.6 Å². The first-order valence-corrected chi connectivity index (χ1v) is 12.0. The highest BCUT2D eigenvalue weighted by molar-refractivity contribution is 5.85. The molecule has 0 unspecified atom stereocenters. The van der Waals surface area contributed by atoms with Crippen molar-refractivity contribution in [3.8, 4) is 5.82 Å². The van der Waals surface area contributed by atoms with Gasteiger partial charge in [0.25, 0.3) is 5.56 Å². The summed E-state index contributed by atoms with van der Waals surface area (Å²) >= 11 is 0. The highest BCUT2D eigenvalue weighted by atomic mass is 16.3. The highest BCUT2D eigenvalue weighted by Crippen LogP contribution is 2.24. The van der Waals surface area contributed by atoms with E-state index in [9.17, 15) is 9.90 Å². The number of hydrogen-bond donors (Lipinski definition) is 3. The van der Waals surface area contributed by atoms with Gasteiger partial charge < -0.3 is 20.3 Å². The molecule has 1 aromatic carbocycles. The maximum atomic E-state index is 13.2. The van der Waals surface area contributed by atoms with Crippen LogP contribution in [0.25, 0.3) is 27.8 Å². The van der Waals surface area contributed by atoms with Crippen molar-refractivity contribution in [1.29, 1.82) is 0 Å². The van der Waals surface area contributed by atoms with E-state index < -0.39 is 5.60 Å². The molecule has 5 rings (SSSR count). The van der Waals surface area contributed by atoms with Gasteiger partial charge in [0.1, 0.15) is 11.0 Å². The molecule has 0 radical (unpaired) electrons. The fraction of sp³-hybridized carbons (Fsp3) is 0.259. The Bertz CT molecular complexity index is 1670. The average Bonchev–Trinajstić information content (AvgIpc) is 3.35. The Morgan fingerprint density at radius 1 is 1.19 bits per heavy atom. The zero-order valence-electron chi connectivity index (χ0n) is 21.4. The molecule has 3 N–H and O–H groups in total. The van der Waals surface area contributed by atoms with E-state index in [2.05, 4.69) is 37.8 Å². The standard InChI is InChI=1S/C27H30N8O2/c1-6-12-34-25(36)20-15-28-26(30-18-10-11-21-17(13-18)14-19(29-21)16-33(4)5)32-24(20)35(34)23-9-7-8-22(31-23)27(2,3)37/h6-11,13-15,29,37H,1,12,16H2,2-5H3,(H,28,30,32). The van der Waals surface area contributed by atoms with Crippen LogP contribution in [0.2, 0.25) is 0 Å². The Kier molecular flexibility index (Phi) is 6.14. The Balaban J connectivity index is 1.58. The number of nitrogens with one attached hydrogen (secondary N) is 2. The van der Waals surface area contributed by atoms with Crippen molar-refractivity contribution in [2.75, 3.05) is 19.4 Å². The van der Waals surface area contributed by atoms with E-state index in [1.165, 1.54) is 10.9 Å². The van der Waals surface area contributed by atoms with E-state index in [1.807, 2.05) is 32.3 Å². The summed E-state index contributed by atoms with van der Waals surface area (Å²) < 4.78 is 3.15. The van der Waals surface area contributed by atoms with Crippen LogP contribution in [0.4, 0.5) is 11.6 Å². The predicted molar refractivity (Wildman–Crippen MR) is 145 cm³/mol. The van der Waals surface area contributed by atoms with Gasteiger partial charge in [-0.05, 0) is 64.3 Å². The van der Waals surface area contributed by atoms with Crippen LogP contribution in [-0.2, 0) is 18.7 Å². The van der Waals surface area contributed by atoms with Crippen LogP contribution in [0.15, 0.2) is 66.1 Å². The molecule has 0 bridgehead atoms. The lowest BCUT2D eigenvalue weighted by atomic mass is 10.1. The largest absolute Gasteiger partial charge is 0.384 e. The molecule has 37 heavy (non-hydrogen) atoms. The van der Waals surface area contributed by atoms with Gasteiger partial charge in [0.05, 0.1) is 12.2 Å². The summed E-state index contributed by atoms with van der Waals surface area (Å²) in [6, 6.07) is 13.4. The number of pyridine rings is 1. The summed E-state index contributed by atoms with van der Waals surface area (Å²) in [5, 5.41) is 15.2. The van der Waals surface area contributed by atoms with Crippen LogP contribution in [0.1, 0.15) is 25.2 Å². The molecule has 0 atom stereocenters. The van der Waals surface area contributed by atoms with E-state index in [1.54, 1.807) is 42.8 Å². The van der Waals surface area contributed by atoms with Gasteiger partial charge in [-0.2, -0.15) is 4.98 Å². The van der Waals surface area contributed by atoms with Gasteiger partial charge in [-0.15, -0.1) is 6.58 Å². The first kappa shape index (κ1) is 24.4. The van der Waals surface area contributed by atoms with Crippen molar-refractivity contribution in [1.82, 2.24) is 34.2 Å². The Hall–Kier alpha value is -4.28. The summed E-state index contributed by atoms with van der Waals surface area (Å²) in [6.45, 7) is 8.19. The second-order valence-electron chi connectivity index (χ2n) is 9.82. The number of nitrogens with zero attached hydrogens (tertiary/aromatic N) is 6. The van der Waals surface area contributed by atoms with Crippen LogP contribution in [0.5, 0.6) is 0 Å². The number of allylic oxidation sites excluding steroid dienone is 1. The van der Waals surface area contributed by atoms with Gasteiger partial charge in [0, 0.05) is 35.0 Å². The number of rotatable bonds is 8. The molecule has 0 aliphatic rings. The van der Waals surface area contributed by atoms with Crippen LogP contribution in [-0.4, -0.2) is 53.4 Å². The molecule has 190 valence electrons. The zero-order valence-corrected chi connectivity index (χ0v) is 21.4. The van der Waals surface area contributed by atoms with Crippen molar-refractivity contribution in [2.24, 2.45) is 0 Å². The van der Waals surface area contributed by atoms with Gasteiger partial charge in [0.2, 0.25) is 5.95 Å². The van der Waals surface area contributed by atoms with Gasteiger partial charge in [-0.1, -0.05) is 12.1 Å². The quantitative estimate of drug-likeness (QED) is 0.280. The van der Waals surface area contributed by atoms with Gasteiger partial charge in [-0.25, -0.2) is 19.3 Å². The third-order valence-corrected chi connectivity index (χ3v) is 5.98. The summed E-state index contributed by atoms with van der Waals surface area (Å²) in [5.41, 5.74) is 2.48. The topological polar surface area (TPSA) is 117 Å². The lowest BCUT2D eigenvalue weighted by molar-refractivity contribution is 0.0738. The first-order valence-electron chi connectivity index (χ1n) is 12.0. The lowest BCUT2D eigenvalue weighted by Crippen LogP contribution is -2.23. The van der Waals surface area contributed by atoms with E-state index in [-0.39, 0.29) is 12.1 Å². The van der Waals surface area contributed by atoms with Gasteiger partial charge >= 0.3 is 0 Å². The fourth-order valence-electron chi connectivity index (χ4n) is 4.32. The van der Waals surface area contributed by atoms with Crippen LogP contribution >= 0.6 is 0 Å². The number of aromatic amines is 1. The Morgan fingerprint density at radius 3 is 2.73 bits per heavy atom. The van der Waals surface area contributed by atoms with Crippen molar-refractivity contribution < 1.29 is 5.11 Å². The number of anilines is 2. The summed E-state index contributed by atoms with van der Waals surface area (Å²) in [5.74, 6) is 0.805. The fourth-order valence-corrected chi connectivity index (χ4v) is 4.32. The lowest BCUT2D eigenvalue weighted by Gasteiger charge is -2.18. The average molecular weight is 499 g/mol. The van der Waals surface area contributed by atoms with Gasteiger partial charge in [0.15, 0.2) is 11.5 Å². The van der Waals surface area contributed by atoms with Crippen molar-refractivity contribution in [2.45, 2.75) is 32.5 Å². The molecule has 0 amide bonds. The minimum absolute atomic E-state index is 0.251. The van der Waals surface area contributed by atoms with Crippen LogP contribution in [0, 0.1) is 0 Å². The molecule has 10 heteroatoms. The molecule has 0 fully saturated rings. The normalized spacial score (nSPS) is 12.1. The second kappa shape index (κ2) is 9.30. The monoisotopic (exact) mass is 498 g/mol. The minimum Gasteiger partial charge on any atom is -0.384 e. The third kappa shape index (κ3) is 4.76. The number of hydrogen-bond acceptors (Lipinski definition) is 7. The van der Waals surface area contributed by atoms with E-state index >= 15 is 0 Å². The molecule has 0 spiro atoms. The molecular formula is C27H30N8O2. The molecule has 0 saturated carbocycles. The number of H-pyrrole nitrogens is 1. The number of aromatic nitrogens is 6. The highest BCUT2D eigenvalue weighted by Gasteiger charge is 2.21. The molecule has 5 aromatic rings. The van der Waals surface area contributed by atoms with Gasteiger partial charge in [-0.3, -0.25) is 4.79 Å². The molecular weight excluding hydrogens is 468 g/mol. The Morgan fingerprint density at radius 2 is 2.00 bits per heavy atom. The number of aliphatic hydroxyl groups is 1. The molecule has 0 saturated heterocycles. The van der Waals surface area contributed by atoms with Crippen molar-refractivity contribution in [3.63, 3.8) is 0 Å². The molecule has 4 heterocycles. The second-order valence-corrected chi connectivity index (χ2v) is 9.82. The van der Waals surface area contributed by atoms with E-state index in [4.69, 9.17) is 4.98 Å². The number of fused-ring (bicyclic) bond motifs is 2.